The molecule has 18 heavy (non-hydrogen) atoms. The Hall–Kier alpha value is -0.160. The molecule has 4 heterocycles. The second-order valence-corrected chi connectivity index (χ2v) is 7.15. The molecule has 0 amide bonds. The number of rotatable bonds is 2. The van der Waals surface area contributed by atoms with Crippen molar-refractivity contribution in [1.82, 2.24) is 9.80 Å². The van der Waals surface area contributed by atoms with Gasteiger partial charge in [-0.2, -0.15) is 0 Å². The summed E-state index contributed by atoms with van der Waals surface area (Å²) in [6, 6.07) is 0. The van der Waals surface area contributed by atoms with Gasteiger partial charge in [0.2, 0.25) is 0 Å². The molecule has 0 aromatic heterocycles. The highest BCUT2D eigenvalue weighted by molar-refractivity contribution is 5.04. The molecule has 0 bridgehead atoms. The zero-order valence-electron chi connectivity index (χ0n) is 11.4. The van der Waals surface area contributed by atoms with Crippen LogP contribution in [-0.2, 0) is 9.47 Å². The Morgan fingerprint density at radius 2 is 1.94 bits per heavy atom. The van der Waals surface area contributed by atoms with Crippen molar-refractivity contribution in [2.24, 2.45) is 11.3 Å². The van der Waals surface area contributed by atoms with E-state index < -0.39 is 0 Å². The number of likely N-dealkylation sites (tertiary alicyclic amines) is 2. The van der Waals surface area contributed by atoms with Gasteiger partial charge in [0.1, 0.15) is 0 Å². The second kappa shape index (κ2) is 3.92. The first kappa shape index (κ1) is 11.6. The van der Waals surface area contributed by atoms with Crippen LogP contribution in [0.2, 0.25) is 0 Å². The van der Waals surface area contributed by atoms with E-state index in [1.54, 1.807) is 0 Å². The SMILES string of the molecule is CN1CC(CN2CCC3(COC3)C2)CC12COC2. The fraction of sp³-hybridized carbons (Fsp3) is 1.00. The quantitative estimate of drug-likeness (QED) is 0.711. The number of likely N-dealkylation sites (N-methyl/N-ethyl adjacent to an activating group) is 1. The van der Waals surface area contributed by atoms with E-state index in [0.717, 1.165) is 32.3 Å². The monoisotopic (exact) mass is 252 g/mol. The van der Waals surface area contributed by atoms with E-state index in [1.165, 1.54) is 39.0 Å². The van der Waals surface area contributed by atoms with Crippen LogP contribution in [0.1, 0.15) is 12.8 Å². The summed E-state index contributed by atoms with van der Waals surface area (Å²) in [6.07, 6.45) is 2.69. The van der Waals surface area contributed by atoms with Gasteiger partial charge in [-0.1, -0.05) is 0 Å². The molecule has 0 aliphatic carbocycles. The van der Waals surface area contributed by atoms with Crippen molar-refractivity contribution < 1.29 is 9.47 Å². The van der Waals surface area contributed by atoms with Crippen LogP contribution >= 0.6 is 0 Å². The summed E-state index contributed by atoms with van der Waals surface area (Å²) in [5.41, 5.74) is 0.948. The number of ether oxygens (including phenoxy) is 2. The van der Waals surface area contributed by atoms with Crippen LogP contribution in [0.5, 0.6) is 0 Å². The highest BCUT2D eigenvalue weighted by atomic mass is 16.5. The van der Waals surface area contributed by atoms with Gasteiger partial charge < -0.3 is 14.4 Å². The number of nitrogens with zero attached hydrogens (tertiary/aromatic N) is 2. The van der Waals surface area contributed by atoms with Crippen LogP contribution in [0.25, 0.3) is 0 Å². The van der Waals surface area contributed by atoms with Crippen molar-refractivity contribution in [3.05, 3.63) is 0 Å². The van der Waals surface area contributed by atoms with E-state index in [2.05, 4.69) is 16.8 Å². The van der Waals surface area contributed by atoms with Crippen molar-refractivity contribution >= 4 is 0 Å². The van der Waals surface area contributed by atoms with E-state index in [-0.39, 0.29) is 0 Å². The first-order chi connectivity index (χ1) is 8.70. The second-order valence-electron chi connectivity index (χ2n) is 7.15. The van der Waals surface area contributed by atoms with Crippen molar-refractivity contribution in [1.29, 1.82) is 0 Å². The van der Waals surface area contributed by atoms with Gasteiger partial charge in [0.15, 0.2) is 0 Å². The molecule has 1 atom stereocenters. The van der Waals surface area contributed by atoms with Gasteiger partial charge in [-0.15, -0.1) is 0 Å². The Morgan fingerprint density at radius 3 is 2.44 bits per heavy atom. The number of hydrogen-bond donors (Lipinski definition) is 0. The molecule has 4 fully saturated rings. The smallest absolute Gasteiger partial charge is 0.0679 e. The summed E-state index contributed by atoms with van der Waals surface area (Å²) < 4.78 is 10.8. The van der Waals surface area contributed by atoms with Crippen molar-refractivity contribution in [3.8, 4) is 0 Å². The molecule has 0 saturated carbocycles. The lowest BCUT2D eigenvalue weighted by Crippen LogP contribution is -2.57. The third-order valence-electron chi connectivity index (χ3n) is 5.60. The maximum absolute atomic E-state index is 5.44. The van der Waals surface area contributed by atoms with E-state index in [0.29, 0.717) is 11.0 Å². The summed E-state index contributed by atoms with van der Waals surface area (Å²) in [4.78, 5) is 5.22. The first-order valence-electron chi connectivity index (χ1n) is 7.29. The highest BCUT2D eigenvalue weighted by Gasteiger charge is 2.50. The molecule has 4 nitrogen and oxygen atoms in total. The molecule has 0 aromatic carbocycles. The molecule has 1 unspecified atom stereocenters. The first-order valence-corrected chi connectivity index (χ1v) is 7.29. The Morgan fingerprint density at radius 1 is 1.17 bits per heavy atom. The minimum absolute atomic E-state index is 0.404. The normalized spacial score (nSPS) is 38.2. The Bertz CT molecular complexity index is 339. The Kier molecular flexibility index (Phi) is 2.54. The Labute approximate surface area is 109 Å². The maximum Gasteiger partial charge on any atom is 0.0679 e. The van der Waals surface area contributed by atoms with Gasteiger partial charge in [0.05, 0.1) is 32.0 Å². The van der Waals surface area contributed by atoms with Crippen LogP contribution in [0.15, 0.2) is 0 Å². The fourth-order valence-corrected chi connectivity index (χ4v) is 4.31. The molecular weight excluding hydrogens is 228 g/mol. The van der Waals surface area contributed by atoms with Gasteiger partial charge in [-0.05, 0) is 32.4 Å². The lowest BCUT2D eigenvalue weighted by molar-refractivity contribution is -0.115. The van der Waals surface area contributed by atoms with Gasteiger partial charge in [-0.3, -0.25) is 4.90 Å². The molecule has 4 aliphatic heterocycles. The van der Waals surface area contributed by atoms with E-state index in [1.807, 2.05) is 0 Å². The average Bonchev–Trinajstić information content (AvgIpc) is 2.79. The summed E-state index contributed by atoms with van der Waals surface area (Å²) >= 11 is 0. The van der Waals surface area contributed by atoms with Gasteiger partial charge in [-0.25, -0.2) is 0 Å². The van der Waals surface area contributed by atoms with E-state index >= 15 is 0 Å². The van der Waals surface area contributed by atoms with Crippen LogP contribution in [0.3, 0.4) is 0 Å². The third kappa shape index (κ3) is 1.66. The molecular formula is C14H24N2O2. The minimum Gasteiger partial charge on any atom is -0.380 e. The van der Waals surface area contributed by atoms with Crippen LogP contribution in [0.4, 0.5) is 0 Å². The maximum atomic E-state index is 5.44. The molecule has 4 rings (SSSR count). The van der Waals surface area contributed by atoms with Gasteiger partial charge in [0, 0.05) is 25.0 Å². The minimum atomic E-state index is 0.404. The molecule has 0 aromatic rings. The van der Waals surface area contributed by atoms with Gasteiger partial charge >= 0.3 is 0 Å². The van der Waals surface area contributed by atoms with Crippen LogP contribution in [0, 0.1) is 11.3 Å². The summed E-state index contributed by atoms with van der Waals surface area (Å²) in [5, 5.41) is 0. The molecule has 4 saturated heterocycles. The third-order valence-corrected chi connectivity index (χ3v) is 5.60. The average molecular weight is 252 g/mol. The molecule has 2 spiro atoms. The summed E-state index contributed by atoms with van der Waals surface area (Å²) in [5.74, 6) is 0.843. The molecule has 0 radical (unpaired) electrons. The standard InChI is InChI=1S/C14H24N2O2/c1-15-5-12(4-14(15)10-18-11-14)6-16-3-2-13(7-16)8-17-9-13/h12H,2-11H2,1H3. The largest absolute Gasteiger partial charge is 0.380 e. The van der Waals surface area contributed by atoms with Crippen LogP contribution < -0.4 is 0 Å². The zero-order valence-corrected chi connectivity index (χ0v) is 11.4. The summed E-state index contributed by atoms with van der Waals surface area (Å²) in [6.45, 7) is 9.02. The van der Waals surface area contributed by atoms with Crippen molar-refractivity contribution in [2.45, 2.75) is 18.4 Å². The highest BCUT2D eigenvalue weighted by Crippen LogP contribution is 2.41. The predicted molar refractivity (Wildman–Crippen MR) is 68.6 cm³/mol. The van der Waals surface area contributed by atoms with Crippen LogP contribution in [-0.4, -0.2) is 75.0 Å². The van der Waals surface area contributed by atoms with Crippen molar-refractivity contribution in [2.75, 3.05) is 59.7 Å². The van der Waals surface area contributed by atoms with Crippen molar-refractivity contribution in [3.63, 3.8) is 0 Å². The Balaban J connectivity index is 1.33. The summed E-state index contributed by atoms with van der Waals surface area (Å²) in [7, 11) is 2.27. The molecule has 4 aliphatic rings. The lowest BCUT2D eigenvalue weighted by Gasteiger charge is -2.43. The topological polar surface area (TPSA) is 24.9 Å². The molecule has 4 heteroatoms. The molecule has 0 N–H and O–H groups in total. The van der Waals surface area contributed by atoms with E-state index in [9.17, 15) is 0 Å². The predicted octanol–water partition coefficient (Wildman–Crippen LogP) is 0.429. The number of hydrogen-bond acceptors (Lipinski definition) is 4. The lowest BCUT2D eigenvalue weighted by atomic mass is 9.85. The van der Waals surface area contributed by atoms with E-state index in [4.69, 9.17) is 9.47 Å². The zero-order chi connectivity index (χ0) is 12.2. The molecule has 102 valence electrons. The fourth-order valence-electron chi connectivity index (χ4n) is 4.31. The van der Waals surface area contributed by atoms with Gasteiger partial charge in [0.25, 0.3) is 0 Å².